The Morgan fingerprint density at radius 3 is 0.625 bits per heavy atom. The maximum Gasteiger partial charge on any atom is 0.233 e. The standard InChI is InChI=1S/C42H42O6/c1-40(2,3)31-16-10-25(11-17-31)34(43)37(46)28-22-29(38(47)35(44)26-12-18-32(19-13-26)41(4,5)6)24-30(23-28)39(48)36(45)27-14-20-33(21-15-27)42(7,8)9/h10-24H,1-9H3. The van der Waals surface area contributed by atoms with Crippen molar-refractivity contribution >= 4 is 34.7 Å². The number of ketones is 6. The molecule has 0 heterocycles. The van der Waals surface area contributed by atoms with Crippen molar-refractivity contribution in [2.75, 3.05) is 0 Å². The number of hydrogen-bond acceptors (Lipinski definition) is 6. The predicted octanol–water partition coefficient (Wildman–Crippen LogP) is 8.78. The highest BCUT2D eigenvalue weighted by atomic mass is 16.2. The van der Waals surface area contributed by atoms with Crippen molar-refractivity contribution in [3.8, 4) is 0 Å². The number of rotatable bonds is 9. The van der Waals surface area contributed by atoms with Crippen molar-refractivity contribution in [1.29, 1.82) is 0 Å². The van der Waals surface area contributed by atoms with E-state index in [9.17, 15) is 28.8 Å². The van der Waals surface area contributed by atoms with Crippen LogP contribution >= 0.6 is 0 Å². The summed E-state index contributed by atoms with van der Waals surface area (Å²) in [5.74, 6) is -5.51. The van der Waals surface area contributed by atoms with Crippen LogP contribution in [0.2, 0.25) is 0 Å². The average Bonchev–Trinajstić information content (AvgIpc) is 3.05. The summed E-state index contributed by atoms with van der Waals surface area (Å²) in [6.07, 6.45) is 0. The first-order valence-electron chi connectivity index (χ1n) is 15.9. The third kappa shape index (κ3) is 7.88. The van der Waals surface area contributed by atoms with Gasteiger partial charge in [-0.3, -0.25) is 28.8 Å². The van der Waals surface area contributed by atoms with E-state index in [0.717, 1.165) is 34.9 Å². The molecule has 0 spiro atoms. The minimum absolute atomic E-state index is 0.127. The van der Waals surface area contributed by atoms with Crippen LogP contribution in [-0.4, -0.2) is 34.7 Å². The molecule has 246 valence electrons. The van der Waals surface area contributed by atoms with Crippen molar-refractivity contribution in [1.82, 2.24) is 0 Å². The van der Waals surface area contributed by atoms with Gasteiger partial charge in [-0.25, -0.2) is 0 Å². The Morgan fingerprint density at radius 1 is 0.292 bits per heavy atom. The monoisotopic (exact) mass is 642 g/mol. The van der Waals surface area contributed by atoms with Crippen LogP contribution in [0.4, 0.5) is 0 Å². The summed E-state index contributed by atoms with van der Waals surface area (Å²) in [6, 6.07) is 23.3. The third-order valence-corrected chi connectivity index (χ3v) is 8.38. The molecular formula is C42H42O6. The summed E-state index contributed by atoms with van der Waals surface area (Å²) in [6.45, 7) is 18.2. The van der Waals surface area contributed by atoms with Gasteiger partial charge in [-0.05, 0) is 51.1 Å². The summed E-state index contributed by atoms with van der Waals surface area (Å²) in [5.41, 5.74) is 1.94. The fourth-order valence-corrected chi connectivity index (χ4v) is 5.17. The van der Waals surface area contributed by atoms with Crippen LogP contribution < -0.4 is 0 Å². The van der Waals surface area contributed by atoms with Crippen molar-refractivity contribution in [2.45, 2.75) is 78.6 Å². The molecule has 6 heteroatoms. The predicted molar refractivity (Wildman–Crippen MR) is 188 cm³/mol. The number of Topliss-reactive ketones (excluding diaryl/α,β-unsaturated/α-hetero) is 6. The second-order valence-corrected chi connectivity index (χ2v) is 15.3. The number of hydrogen-bond donors (Lipinski definition) is 0. The molecule has 0 saturated carbocycles. The van der Waals surface area contributed by atoms with E-state index in [2.05, 4.69) is 0 Å². The highest BCUT2D eigenvalue weighted by Gasteiger charge is 2.28. The van der Waals surface area contributed by atoms with E-state index in [1.54, 1.807) is 72.8 Å². The van der Waals surface area contributed by atoms with Crippen LogP contribution in [0.3, 0.4) is 0 Å². The molecule has 6 nitrogen and oxygen atoms in total. The van der Waals surface area contributed by atoms with E-state index in [4.69, 9.17) is 0 Å². The van der Waals surface area contributed by atoms with E-state index in [1.807, 2.05) is 62.3 Å². The van der Waals surface area contributed by atoms with Crippen molar-refractivity contribution in [3.05, 3.63) is 141 Å². The molecule has 0 saturated heterocycles. The van der Waals surface area contributed by atoms with Gasteiger partial charge < -0.3 is 0 Å². The van der Waals surface area contributed by atoms with Gasteiger partial charge in [0.2, 0.25) is 34.7 Å². The molecule has 48 heavy (non-hydrogen) atoms. The van der Waals surface area contributed by atoms with Crippen molar-refractivity contribution in [3.63, 3.8) is 0 Å². The summed E-state index contributed by atoms with van der Waals surface area (Å²) >= 11 is 0. The molecule has 0 aliphatic carbocycles. The zero-order valence-electron chi connectivity index (χ0n) is 29.1. The second kappa shape index (κ2) is 13.2. The van der Waals surface area contributed by atoms with E-state index in [-0.39, 0.29) is 49.6 Å². The molecule has 0 fully saturated rings. The Bertz CT molecular complexity index is 1680. The maximum atomic E-state index is 13.6. The van der Waals surface area contributed by atoms with Crippen LogP contribution in [0.15, 0.2) is 91.0 Å². The van der Waals surface area contributed by atoms with Gasteiger partial charge in [0.15, 0.2) is 0 Å². The molecular weight excluding hydrogens is 600 g/mol. The largest absolute Gasteiger partial charge is 0.285 e. The normalized spacial score (nSPS) is 11.9. The lowest BCUT2D eigenvalue weighted by molar-refractivity contribution is 0.0808. The molecule has 4 aromatic rings. The van der Waals surface area contributed by atoms with Gasteiger partial charge >= 0.3 is 0 Å². The van der Waals surface area contributed by atoms with Crippen LogP contribution in [0.25, 0.3) is 0 Å². The lowest BCUT2D eigenvalue weighted by Gasteiger charge is -2.19. The smallest absolute Gasteiger partial charge is 0.233 e. The van der Waals surface area contributed by atoms with Gasteiger partial charge in [0.05, 0.1) is 0 Å². The lowest BCUT2D eigenvalue weighted by Crippen LogP contribution is -2.21. The molecule has 0 aromatic heterocycles. The van der Waals surface area contributed by atoms with E-state index >= 15 is 0 Å². The first-order valence-corrected chi connectivity index (χ1v) is 15.9. The lowest BCUT2D eigenvalue weighted by atomic mass is 9.85. The SMILES string of the molecule is CC(C)(C)c1ccc(C(=O)C(=O)c2cc(C(=O)C(=O)c3ccc(C(C)(C)C)cc3)cc(C(=O)C(=O)c3ccc(C(C)(C)C)cc3)c2)cc1. The van der Waals surface area contributed by atoms with Crippen LogP contribution in [0.1, 0.15) is 141 Å². The summed E-state index contributed by atoms with van der Waals surface area (Å²) in [7, 11) is 0. The molecule has 0 bridgehead atoms. The third-order valence-electron chi connectivity index (χ3n) is 8.38. The second-order valence-electron chi connectivity index (χ2n) is 15.3. The fraction of sp³-hybridized carbons (Fsp3) is 0.286. The Hall–Kier alpha value is -5.10. The Balaban J connectivity index is 1.75. The van der Waals surface area contributed by atoms with E-state index < -0.39 is 34.7 Å². The van der Waals surface area contributed by atoms with Gasteiger partial charge in [-0.1, -0.05) is 135 Å². The Labute approximate surface area is 282 Å². The summed E-state index contributed by atoms with van der Waals surface area (Å²) in [5, 5.41) is 0. The highest BCUT2D eigenvalue weighted by molar-refractivity contribution is 6.53. The average molecular weight is 643 g/mol. The van der Waals surface area contributed by atoms with E-state index in [1.165, 1.54) is 0 Å². The maximum absolute atomic E-state index is 13.6. The Morgan fingerprint density at radius 2 is 0.458 bits per heavy atom. The molecule has 0 aliphatic rings. The van der Waals surface area contributed by atoms with Gasteiger partial charge in [0, 0.05) is 33.4 Å². The minimum Gasteiger partial charge on any atom is -0.285 e. The summed E-state index contributed by atoms with van der Waals surface area (Å²) in [4.78, 5) is 80.8. The van der Waals surface area contributed by atoms with Gasteiger partial charge in [-0.2, -0.15) is 0 Å². The molecule has 4 rings (SSSR count). The molecule has 0 atom stereocenters. The number of carbonyl (C=O) groups is 6. The zero-order valence-corrected chi connectivity index (χ0v) is 29.1. The van der Waals surface area contributed by atoms with Crippen LogP contribution in [-0.2, 0) is 16.2 Å². The quantitative estimate of drug-likeness (QED) is 0.134. The fourth-order valence-electron chi connectivity index (χ4n) is 5.17. The molecule has 0 aliphatic heterocycles. The first-order chi connectivity index (χ1) is 22.2. The molecule has 0 unspecified atom stereocenters. The summed E-state index contributed by atoms with van der Waals surface area (Å²) < 4.78 is 0. The van der Waals surface area contributed by atoms with Crippen molar-refractivity contribution in [2.24, 2.45) is 0 Å². The molecule has 4 aromatic carbocycles. The first kappa shape index (κ1) is 35.7. The van der Waals surface area contributed by atoms with Crippen molar-refractivity contribution < 1.29 is 28.8 Å². The molecule has 0 N–H and O–H groups in total. The molecule has 0 radical (unpaired) electrons. The van der Waals surface area contributed by atoms with E-state index in [0.29, 0.717) is 0 Å². The minimum atomic E-state index is -0.980. The van der Waals surface area contributed by atoms with Crippen LogP contribution in [0, 0.1) is 0 Å². The topological polar surface area (TPSA) is 102 Å². The van der Waals surface area contributed by atoms with Gasteiger partial charge in [0.1, 0.15) is 0 Å². The number of benzene rings is 4. The van der Waals surface area contributed by atoms with Gasteiger partial charge in [0.25, 0.3) is 0 Å². The Kier molecular flexibility index (Phi) is 9.82. The highest BCUT2D eigenvalue weighted by Crippen LogP contribution is 2.26. The van der Waals surface area contributed by atoms with Gasteiger partial charge in [-0.15, -0.1) is 0 Å². The zero-order chi connectivity index (χ0) is 35.8. The molecule has 0 amide bonds. The van der Waals surface area contributed by atoms with Crippen LogP contribution in [0.5, 0.6) is 0 Å². The number of carbonyl (C=O) groups excluding carboxylic acids is 6.